The number of thiazole rings is 1. The monoisotopic (exact) mass is 498 g/mol. The number of ether oxygens (including phenoxy) is 1. The highest BCUT2D eigenvalue weighted by Crippen LogP contribution is 2.31. The Labute approximate surface area is 208 Å². The Kier molecular flexibility index (Phi) is 7.50. The number of carbonyl (C=O) groups excluding carboxylic acids is 2. The maximum Gasteiger partial charge on any atom is 0.257 e. The number of aromatic nitrogens is 1. The third kappa shape index (κ3) is 5.58. The van der Waals surface area contributed by atoms with E-state index in [1.807, 2.05) is 6.07 Å². The summed E-state index contributed by atoms with van der Waals surface area (Å²) in [7, 11) is 5.72. The summed E-state index contributed by atoms with van der Waals surface area (Å²) in [6.45, 7) is 0.279. The molecular weight excluding hydrogens is 472 g/mol. The molecule has 1 atom stereocenters. The Morgan fingerprint density at radius 1 is 1.18 bits per heavy atom. The van der Waals surface area contributed by atoms with Crippen molar-refractivity contribution in [2.24, 2.45) is 0 Å². The smallest absolute Gasteiger partial charge is 0.257 e. The molecule has 0 radical (unpaired) electrons. The maximum atomic E-state index is 12.8. The number of benzene rings is 2. The first kappa shape index (κ1) is 24.2. The largest absolute Gasteiger partial charge is 0.495 e. The number of nitrogens with zero attached hydrogens (tertiary/aromatic N) is 2. The van der Waals surface area contributed by atoms with E-state index >= 15 is 0 Å². The average Bonchev–Trinajstić information content (AvgIpc) is 3.24. The van der Waals surface area contributed by atoms with Crippen molar-refractivity contribution in [3.05, 3.63) is 74.7 Å². The first-order chi connectivity index (χ1) is 16.3. The maximum absolute atomic E-state index is 12.8. The van der Waals surface area contributed by atoms with Gasteiger partial charge in [0.25, 0.3) is 11.8 Å². The van der Waals surface area contributed by atoms with Gasteiger partial charge >= 0.3 is 0 Å². The van der Waals surface area contributed by atoms with Crippen LogP contribution in [0, 0.1) is 0 Å². The zero-order chi connectivity index (χ0) is 24.2. The Hall–Kier alpha value is -2.94. The lowest BCUT2D eigenvalue weighted by Crippen LogP contribution is -2.32. The van der Waals surface area contributed by atoms with Crippen LogP contribution in [0.5, 0.6) is 5.75 Å². The Balaban J connectivity index is 1.37. The molecule has 0 saturated carbocycles. The number of hydrogen-bond donors (Lipinski definition) is 2. The molecule has 1 heterocycles. The molecule has 0 bridgehead atoms. The van der Waals surface area contributed by atoms with Crippen molar-refractivity contribution >= 4 is 39.9 Å². The van der Waals surface area contributed by atoms with Crippen molar-refractivity contribution in [2.75, 3.05) is 26.5 Å². The molecule has 2 N–H and O–H groups in total. The van der Waals surface area contributed by atoms with Crippen molar-refractivity contribution < 1.29 is 14.3 Å². The molecule has 0 saturated heterocycles. The van der Waals surface area contributed by atoms with Crippen molar-refractivity contribution in [1.29, 1.82) is 0 Å². The normalized spacial score (nSPS) is 15.0. The van der Waals surface area contributed by atoms with Gasteiger partial charge in [-0.1, -0.05) is 23.7 Å². The van der Waals surface area contributed by atoms with Gasteiger partial charge in [-0.2, -0.15) is 0 Å². The van der Waals surface area contributed by atoms with Gasteiger partial charge in [0.1, 0.15) is 5.75 Å². The van der Waals surface area contributed by atoms with E-state index in [1.54, 1.807) is 47.7 Å². The molecule has 1 aliphatic rings. The Morgan fingerprint density at radius 2 is 1.97 bits per heavy atom. The summed E-state index contributed by atoms with van der Waals surface area (Å²) < 4.78 is 5.12. The Bertz CT molecular complexity index is 1210. The molecule has 178 valence electrons. The molecule has 7 nitrogen and oxygen atoms in total. The quantitative estimate of drug-likeness (QED) is 0.504. The van der Waals surface area contributed by atoms with Crippen LogP contribution >= 0.6 is 22.9 Å². The predicted octanol–water partition coefficient (Wildman–Crippen LogP) is 4.41. The number of carbonyl (C=O) groups is 2. The van der Waals surface area contributed by atoms with Crippen LogP contribution in [-0.4, -0.2) is 48.9 Å². The van der Waals surface area contributed by atoms with Gasteiger partial charge in [0.05, 0.1) is 17.8 Å². The first-order valence-corrected chi connectivity index (χ1v) is 12.2. The summed E-state index contributed by atoms with van der Waals surface area (Å²) in [5.41, 5.74) is 2.85. The average molecular weight is 499 g/mol. The van der Waals surface area contributed by atoms with Crippen molar-refractivity contribution in [2.45, 2.75) is 31.8 Å². The van der Waals surface area contributed by atoms with Crippen LogP contribution in [-0.2, 0) is 19.4 Å². The predicted molar refractivity (Wildman–Crippen MR) is 135 cm³/mol. The molecule has 0 aliphatic heterocycles. The second-order valence-corrected chi connectivity index (χ2v) is 9.93. The van der Waals surface area contributed by atoms with Crippen LogP contribution < -0.4 is 15.4 Å². The fourth-order valence-electron chi connectivity index (χ4n) is 3.94. The van der Waals surface area contributed by atoms with Gasteiger partial charge < -0.3 is 15.0 Å². The number of hydrogen-bond acceptors (Lipinski definition) is 6. The SMILES string of the molecule is COc1ccc(C(=O)NCc2cccc(C(=O)Nc3nc4c(s3)CC(N(C)C)CC4)c2)cc1Cl. The zero-order valence-electron chi connectivity index (χ0n) is 19.4. The van der Waals surface area contributed by atoms with Crippen LogP contribution in [0.4, 0.5) is 5.13 Å². The van der Waals surface area contributed by atoms with Crippen LogP contribution in [0.15, 0.2) is 42.5 Å². The number of rotatable bonds is 7. The summed E-state index contributed by atoms with van der Waals surface area (Å²) in [4.78, 5) is 33.5. The number of anilines is 1. The van der Waals surface area contributed by atoms with Crippen molar-refractivity contribution in [3.8, 4) is 5.75 Å². The first-order valence-electron chi connectivity index (χ1n) is 11.0. The van der Waals surface area contributed by atoms with E-state index in [4.69, 9.17) is 16.3 Å². The minimum Gasteiger partial charge on any atom is -0.495 e. The molecular formula is C25H27ClN4O3S. The fourth-order valence-corrected chi connectivity index (χ4v) is 5.27. The second kappa shape index (κ2) is 10.5. The third-order valence-corrected chi connectivity index (χ3v) is 7.25. The van der Waals surface area contributed by atoms with E-state index in [9.17, 15) is 9.59 Å². The van der Waals surface area contributed by atoms with E-state index in [0.717, 1.165) is 30.5 Å². The molecule has 1 aliphatic carbocycles. The van der Waals surface area contributed by atoms with Crippen LogP contribution in [0.2, 0.25) is 5.02 Å². The standard InChI is InChI=1S/C25H27ClN4O3S/c1-30(2)18-8-9-20-22(13-18)34-25(28-20)29-24(32)16-6-4-5-15(11-16)14-27-23(31)17-7-10-21(33-3)19(26)12-17/h4-7,10-12,18H,8-9,13-14H2,1-3H3,(H,27,31)(H,28,29,32). The van der Waals surface area contributed by atoms with E-state index in [2.05, 4.69) is 34.6 Å². The molecule has 3 aromatic rings. The highest BCUT2D eigenvalue weighted by molar-refractivity contribution is 7.15. The Morgan fingerprint density at radius 3 is 2.71 bits per heavy atom. The number of nitrogens with one attached hydrogen (secondary N) is 2. The minimum absolute atomic E-state index is 0.217. The van der Waals surface area contributed by atoms with Gasteiger partial charge in [-0.25, -0.2) is 4.98 Å². The van der Waals surface area contributed by atoms with Crippen molar-refractivity contribution in [3.63, 3.8) is 0 Å². The molecule has 34 heavy (non-hydrogen) atoms. The highest BCUT2D eigenvalue weighted by atomic mass is 35.5. The van der Waals surface area contributed by atoms with Crippen LogP contribution in [0.25, 0.3) is 0 Å². The summed E-state index contributed by atoms with van der Waals surface area (Å²) in [6, 6.07) is 12.6. The number of likely N-dealkylation sites (N-methyl/N-ethyl adjacent to an activating group) is 1. The molecule has 1 unspecified atom stereocenters. The van der Waals surface area contributed by atoms with Gasteiger partial charge in [-0.3, -0.25) is 14.9 Å². The van der Waals surface area contributed by atoms with Gasteiger partial charge in [-0.15, -0.1) is 11.3 Å². The lowest BCUT2D eigenvalue weighted by molar-refractivity contribution is 0.0950. The molecule has 9 heteroatoms. The second-order valence-electron chi connectivity index (χ2n) is 8.44. The van der Waals surface area contributed by atoms with E-state index < -0.39 is 0 Å². The van der Waals surface area contributed by atoms with Gasteiger partial charge in [0, 0.05) is 28.6 Å². The van der Waals surface area contributed by atoms with Crippen LogP contribution in [0.1, 0.15) is 43.3 Å². The molecule has 0 spiro atoms. The molecule has 4 rings (SSSR count). The molecule has 2 aromatic carbocycles. The van der Waals surface area contributed by atoms with Gasteiger partial charge in [0.15, 0.2) is 5.13 Å². The fraction of sp³-hybridized carbons (Fsp3) is 0.320. The number of methoxy groups -OCH3 is 1. The number of aryl methyl sites for hydroxylation is 1. The number of amides is 2. The van der Waals surface area contributed by atoms with Crippen LogP contribution in [0.3, 0.4) is 0 Å². The summed E-state index contributed by atoms with van der Waals surface area (Å²) in [5.74, 6) is 0.0321. The van der Waals surface area contributed by atoms with E-state index in [0.29, 0.717) is 33.1 Å². The molecule has 1 aromatic heterocycles. The lowest BCUT2D eigenvalue weighted by atomic mass is 9.97. The lowest BCUT2D eigenvalue weighted by Gasteiger charge is -2.27. The highest BCUT2D eigenvalue weighted by Gasteiger charge is 2.24. The van der Waals surface area contributed by atoms with Gasteiger partial charge in [0.2, 0.25) is 0 Å². The summed E-state index contributed by atoms with van der Waals surface area (Å²) in [5, 5.41) is 6.79. The van der Waals surface area contributed by atoms with Gasteiger partial charge in [-0.05, 0) is 69.3 Å². The third-order valence-electron chi connectivity index (χ3n) is 5.92. The number of fused-ring (bicyclic) bond motifs is 1. The number of halogens is 1. The summed E-state index contributed by atoms with van der Waals surface area (Å²) >= 11 is 7.66. The van der Waals surface area contributed by atoms with E-state index in [1.165, 1.54) is 12.0 Å². The molecule has 0 fully saturated rings. The molecule has 2 amide bonds. The topological polar surface area (TPSA) is 83.6 Å². The van der Waals surface area contributed by atoms with E-state index in [-0.39, 0.29) is 18.4 Å². The summed E-state index contributed by atoms with van der Waals surface area (Å²) in [6.07, 6.45) is 2.97. The minimum atomic E-state index is -0.260. The van der Waals surface area contributed by atoms with Crippen molar-refractivity contribution in [1.82, 2.24) is 15.2 Å². The zero-order valence-corrected chi connectivity index (χ0v) is 20.9.